The first kappa shape index (κ1) is 23.9. The van der Waals surface area contributed by atoms with E-state index >= 15 is 0 Å². The number of H-pyrrole nitrogens is 1. The molecular weight excluding hydrogens is 480 g/mol. The van der Waals surface area contributed by atoms with Crippen LogP contribution in [0.15, 0.2) is 29.4 Å². The van der Waals surface area contributed by atoms with Gasteiger partial charge in [-0.1, -0.05) is 13.8 Å². The molecule has 3 rings (SSSR count). The fourth-order valence-corrected chi connectivity index (χ4v) is 3.94. The van der Waals surface area contributed by atoms with E-state index in [-0.39, 0.29) is 29.8 Å². The Balaban J connectivity index is 0.00000300. The fraction of sp³-hybridized carbons (Fsp3) is 0.591. The number of aromatic nitrogens is 1. The van der Waals surface area contributed by atoms with Crippen LogP contribution in [-0.2, 0) is 6.42 Å². The number of halogens is 2. The van der Waals surface area contributed by atoms with Crippen LogP contribution in [0.5, 0.6) is 0 Å². The van der Waals surface area contributed by atoms with E-state index in [9.17, 15) is 4.39 Å². The standard InChI is InChI=1S/C22H34FN5.HI/c1-4-24-22(27-19-8-11-28(12-9-19)15-16(2)3)25-10-7-17-14-26-21-6-5-18(23)13-20(17)21;/h5-6,13-14,16,19,26H,4,7-12,15H2,1-3H3,(H2,24,25,27);1H. The molecule has 5 nitrogen and oxygen atoms in total. The molecule has 0 radical (unpaired) electrons. The molecule has 0 atom stereocenters. The molecule has 0 spiro atoms. The Morgan fingerprint density at radius 1 is 1.31 bits per heavy atom. The third-order valence-electron chi connectivity index (χ3n) is 5.28. The van der Waals surface area contributed by atoms with Gasteiger partial charge < -0.3 is 20.5 Å². The topological polar surface area (TPSA) is 55.5 Å². The molecule has 1 aliphatic heterocycles. The van der Waals surface area contributed by atoms with Crippen LogP contribution in [0.4, 0.5) is 4.39 Å². The van der Waals surface area contributed by atoms with Crippen molar-refractivity contribution in [2.75, 3.05) is 32.7 Å². The van der Waals surface area contributed by atoms with Crippen molar-refractivity contribution in [3.05, 3.63) is 35.8 Å². The van der Waals surface area contributed by atoms with Crippen LogP contribution in [0.3, 0.4) is 0 Å². The lowest BCUT2D eigenvalue weighted by molar-refractivity contribution is 0.187. The summed E-state index contributed by atoms with van der Waals surface area (Å²) in [5.41, 5.74) is 2.08. The van der Waals surface area contributed by atoms with Gasteiger partial charge in [0, 0.05) is 55.9 Å². The molecular formula is C22H35FIN5. The van der Waals surface area contributed by atoms with Gasteiger partial charge in [0.05, 0.1) is 0 Å². The number of piperidine rings is 1. The van der Waals surface area contributed by atoms with Crippen LogP contribution in [0.1, 0.15) is 39.2 Å². The number of rotatable bonds is 7. The summed E-state index contributed by atoms with van der Waals surface area (Å²) in [4.78, 5) is 10.5. The van der Waals surface area contributed by atoms with Crippen molar-refractivity contribution in [1.29, 1.82) is 0 Å². The maximum atomic E-state index is 13.5. The van der Waals surface area contributed by atoms with Crippen LogP contribution >= 0.6 is 24.0 Å². The Bertz CT molecular complexity index is 781. The second-order valence-electron chi connectivity index (χ2n) is 8.13. The second-order valence-corrected chi connectivity index (χ2v) is 8.13. The van der Waals surface area contributed by atoms with Crippen LogP contribution in [-0.4, -0.2) is 54.6 Å². The Labute approximate surface area is 190 Å². The zero-order valence-electron chi connectivity index (χ0n) is 17.8. The molecule has 1 aromatic carbocycles. The minimum Gasteiger partial charge on any atom is -0.361 e. The molecule has 0 bridgehead atoms. The highest BCUT2D eigenvalue weighted by Gasteiger charge is 2.20. The first-order valence-electron chi connectivity index (χ1n) is 10.6. The number of guanidine groups is 1. The van der Waals surface area contributed by atoms with E-state index in [1.807, 2.05) is 6.20 Å². The Morgan fingerprint density at radius 2 is 2.07 bits per heavy atom. The van der Waals surface area contributed by atoms with Crippen molar-refractivity contribution in [2.45, 2.75) is 46.1 Å². The predicted octanol–water partition coefficient (Wildman–Crippen LogP) is 4.14. The maximum absolute atomic E-state index is 13.5. The third-order valence-corrected chi connectivity index (χ3v) is 5.28. The van der Waals surface area contributed by atoms with Gasteiger partial charge in [0.1, 0.15) is 5.82 Å². The van der Waals surface area contributed by atoms with Crippen LogP contribution < -0.4 is 10.6 Å². The zero-order valence-corrected chi connectivity index (χ0v) is 20.1. The van der Waals surface area contributed by atoms with Crippen molar-refractivity contribution in [3.8, 4) is 0 Å². The smallest absolute Gasteiger partial charge is 0.191 e. The highest BCUT2D eigenvalue weighted by atomic mass is 127. The van der Waals surface area contributed by atoms with Gasteiger partial charge in [-0.3, -0.25) is 4.99 Å². The molecule has 7 heteroatoms. The van der Waals surface area contributed by atoms with E-state index in [1.54, 1.807) is 12.1 Å². The molecule has 1 saturated heterocycles. The number of benzene rings is 1. The second kappa shape index (κ2) is 11.7. The van der Waals surface area contributed by atoms with Gasteiger partial charge in [0.2, 0.25) is 0 Å². The lowest BCUT2D eigenvalue weighted by Gasteiger charge is -2.34. The van der Waals surface area contributed by atoms with Crippen molar-refractivity contribution in [1.82, 2.24) is 20.5 Å². The number of hydrogen-bond donors (Lipinski definition) is 3. The SMILES string of the molecule is CCNC(=NCCc1c[nH]c2ccc(F)cc12)NC1CCN(CC(C)C)CC1.I. The molecule has 0 aliphatic carbocycles. The highest BCUT2D eigenvalue weighted by molar-refractivity contribution is 14.0. The summed E-state index contributed by atoms with van der Waals surface area (Å²) in [6, 6.07) is 5.34. The molecule has 2 aromatic rings. The first-order chi connectivity index (χ1) is 13.5. The Hall–Kier alpha value is -1.35. The normalized spacial score (nSPS) is 16.2. The Morgan fingerprint density at radius 3 is 2.76 bits per heavy atom. The minimum atomic E-state index is -0.198. The molecule has 0 unspecified atom stereocenters. The van der Waals surface area contributed by atoms with Crippen molar-refractivity contribution < 1.29 is 4.39 Å². The van der Waals surface area contributed by atoms with Crippen LogP contribution in [0.25, 0.3) is 10.9 Å². The van der Waals surface area contributed by atoms with E-state index in [1.165, 1.54) is 12.6 Å². The lowest BCUT2D eigenvalue weighted by Crippen LogP contribution is -2.49. The number of hydrogen-bond acceptors (Lipinski definition) is 2. The van der Waals surface area contributed by atoms with Gasteiger partial charge in [-0.2, -0.15) is 0 Å². The van der Waals surface area contributed by atoms with Gasteiger partial charge in [-0.25, -0.2) is 4.39 Å². The summed E-state index contributed by atoms with van der Waals surface area (Å²) >= 11 is 0. The van der Waals surface area contributed by atoms with E-state index in [4.69, 9.17) is 4.99 Å². The summed E-state index contributed by atoms with van der Waals surface area (Å²) in [6.07, 6.45) is 5.05. The van der Waals surface area contributed by atoms with E-state index in [2.05, 4.69) is 41.3 Å². The van der Waals surface area contributed by atoms with E-state index < -0.39 is 0 Å². The highest BCUT2D eigenvalue weighted by Crippen LogP contribution is 2.20. The lowest BCUT2D eigenvalue weighted by atomic mass is 10.0. The number of nitrogens with one attached hydrogen (secondary N) is 3. The molecule has 2 heterocycles. The average molecular weight is 515 g/mol. The number of fused-ring (bicyclic) bond motifs is 1. The third kappa shape index (κ3) is 7.13. The molecule has 0 saturated carbocycles. The summed E-state index contributed by atoms with van der Waals surface area (Å²) in [6.45, 7) is 11.6. The molecule has 162 valence electrons. The summed E-state index contributed by atoms with van der Waals surface area (Å²) in [5, 5.41) is 7.91. The first-order valence-corrected chi connectivity index (χ1v) is 10.6. The maximum Gasteiger partial charge on any atom is 0.191 e. The van der Waals surface area contributed by atoms with Crippen molar-refractivity contribution in [2.24, 2.45) is 10.9 Å². The molecule has 3 N–H and O–H groups in total. The fourth-order valence-electron chi connectivity index (χ4n) is 3.94. The van der Waals surface area contributed by atoms with Crippen molar-refractivity contribution in [3.63, 3.8) is 0 Å². The number of nitrogens with zero attached hydrogens (tertiary/aromatic N) is 2. The molecule has 0 amide bonds. The van der Waals surface area contributed by atoms with Gasteiger partial charge >= 0.3 is 0 Å². The van der Waals surface area contributed by atoms with Gasteiger partial charge in [-0.05, 0) is 55.9 Å². The molecule has 1 fully saturated rings. The minimum absolute atomic E-state index is 0. The summed E-state index contributed by atoms with van der Waals surface area (Å²) in [7, 11) is 0. The quantitative estimate of drug-likeness (QED) is 0.295. The number of aliphatic imine (C=N–C) groups is 1. The van der Waals surface area contributed by atoms with Crippen molar-refractivity contribution >= 4 is 40.8 Å². The largest absolute Gasteiger partial charge is 0.361 e. The van der Waals surface area contributed by atoms with Gasteiger partial charge in [0.15, 0.2) is 5.96 Å². The van der Waals surface area contributed by atoms with Crippen LogP contribution in [0, 0.1) is 11.7 Å². The predicted molar refractivity (Wildman–Crippen MR) is 131 cm³/mol. The average Bonchev–Trinajstić information content (AvgIpc) is 3.05. The zero-order chi connectivity index (χ0) is 19.9. The monoisotopic (exact) mass is 515 g/mol. The number of likely N-dealkylation sites (tertiary alicyclic amines) is 1. The van der Waals surface area contributed by atoms with E-state index in [0.717, 1.165) is 67.2 Å². The summed E-state index contributed by atoms with van der Waals surface area (Å²) in [5.74, 6) is 1.41. The van der Waals surface area contributed by atoms with E-state index in [0.29, 0.717) is 12.6 Å². The molecule has 1 aromatic heterocycles. The van der Waals surface area contributed by atoms with Gasteiger partial charge in [0.25, 0.3) is 0 Å². The Kier molecular flexibility index (Phi) is 9.68. The number of aromatic amines is 1. The van der Waals surface area contributed by atoms with Gasteiger partial charge in [-0.15, -0.1) is 24.0 Å². The molecule has 1 aliphatic rings. The van der Waals surface area contributed by atoms with Crippen LogP contribution in [0.2, 0.25) is 0 Å². The summed E-state index contributed by atoms with van der Waals surface area (Å²) < 4.78 is 13.5. The molecule has 29 heavy (non-hydrogen) atoms.